The first-order valence-corrected chi connectivity index (χ1v) is 5.86. The molecule has 2 rings (SSSR count). The van der Waals surface area contributed by atoms with Crippen LogP contribution in [0.2, 0.25) is 0 Å². The van der Waals surface area contributed by atoms with E-state index in [1.165, 1.54) is 0 Å². The van der Waals surface area contributed by atoms with E-state index in [-0.39, 0.29) is 5.56 Å². The summed E-state index contributed by atoms with van der Waals surface area (Å²) >= 11 is 3.35. The molecule has 0 radical (unpaired) electrons. The van der Waals surface area contributed by atoms with E-state index in [0.717, 1.165) is 16.4 Å². The highest BCUT2D eigenvalue weighted by Crippen LogP contribution is 2.14. The van der Waals surface area contributed by atoms with E-state index in [9.17, 15) is 4.79 Å². The van der Waals surface area contributed by atoms with Crippen LogP contribution in [0, 0.1) is 0 Å². The Bertz CT molecular complexity index is 565. The van der Waals surface area contributed by atoms with Crippen LogP contribution >= 0.6 is 15.9 Å². The number of aryl methyl sites for hydroxylation is 1. The van der Waals surface area contributed by atoms with Crippen molar-refractivity contribution in [2.45, 2.75) is 13.0 Å². The van der Waals surface area contributed by atoms with Crippen molar-refractivity contribution < 1.29 is 0 Å². The zero-order chi connectivity index (χ0) is 11.5. The van der Waals surface area contributed by atoms with Crippen LogP contribution in [0.1, 0.15) is 6.42 Å². The largest absolute Gasteiger partial charge is 0.330 e. The van der Waals surface area contributed by atoms with Crippen LogP contribution in [0.25, 0.3) is 10.9 Å². The van der Waals surface area contributed by atoms with E-state index in [1.807, 2.05) is 12.1 Å². The molecule has 2 N–H and O–H groups in total. The van der Waals surface area contributed by atoms with Gasteiger partial charge in [0.05, 0.1) is 17.2 Å². The minimum Gasteiger partial charge on any atom is -0.330 e. The fourth-order valence-corrected chi connectivity index (χ4v) is 1.91. The van der Waals surface area contributed by atoms with Crippen LogP contribution in [0.5, 0.6) is 0 Å². The molecule has 1 aromatic heterocycles. The number of nitrogens with two attached hydrogens (primary N) is 1. The molecule has 0 saturated heterocycles. The molecular weight excluding hydrogens is 270 g/mol. The number of hydrogen-bond donors (Lipinski definition) is 1. The first-order valence-electron chi connectivity index (χ1n) is 5.07. The van der Waals surface area contributed by atoms with E-state index in [4.69, 9.17) is 5.73 Å². The zero-order valence-corrected chi connectivity index (χ0v) is 10.3. The van der Waals surface area contributed by atoms with Crippen molar-refractivity contribution in [3.63, 3.8) is 0 Å². The van der Waals surface area contributed by atoms with Crippen molar-refractivity contribution >= 4 is 26.8 Å². The summed E-state index contributed by atoms with van der Waals surface area (Å²) in [5.74, 6) is 0. The molecule has 1 aromatic carbocycles. The highest BCUT2D eigenvalue weighted by Gasteiger charge is 2.03. The zero-order valence-electron chi connectivity index (χ0n) is 8.69. The van der Waals surface area contributed by atoms with Gasteiger partial charge in [-0.1, -0.05) is 15.9 Å². The minimum atomic E-state index is -0.0141. The number of aromatic nitrogens is 2. The van der Waals surface area contributed by atoms with Gasteiger partial charge in [-0.15, -0.1) is 0 Å². The van der Waals surface area contributed by atoms with Gasteiger partial charge in [-0.25, -0.2) is 4.98 Å². The first-order chi connectivity index (χ1) is 7.72. The van der Waals surface area contributed by atoms with Crippen molar-refractivity contribution in [3.05, 3.63) is 39.4 Å². The van der Waals surface area contributed by atoms with Crippen molar-refractivity contribution in [2.75, 3.05) is 6.54 Å². The van der Waals surface area contributed by atoms with Crippen molar-refractivity contribution in [2.24, 2.45) is 5.73 Å². The SMILES string of the molecule is NCCCn1cnc2ccc(Br)cc2c1=O. The first kappa shape index (κ1) is 11.3. The molecule has 0 saturated carbocycles. The molecule has 84 valence electrons. The molecule has 16 heavy (non-hydrogen) atoms. The van der Waals surface area contributed by atoms with Gasteiger partial charge in [-0.2, -0.15) is 0 Å². The molecule has 0 fully saturated rings. The fourth-order valence-electron chi connectivity index (χ4n) is 1.55. The van der Waals surface area contributed by atoms with E-state index < -0.39 is 0 Å². The highest BCUT2D eigenvalue weighted by molar-refractivity contribution is 9.10. The van der Waals surface area contributed by atoms with Gasteiger partial charge in [0.1, 0.15) is 0 Å². The van der Waals surface area contributed by atoms with Crippen molar-refractivity contribution in [1.29, 1.82) is 0 Å². The predicted octanol–water partition coefficient (Wildman–Crippen LogP) is 1.51. The second-order valence-corrected chi connectivity index (χ2v) is 4.46. The lowest BCUT2D eigenvalue weighted by atomic mass is 10.2. The second kappa shape index (κ2) is 4.76. The van der Waals surface area contributed by atoms with Crippen molar-refractivity contribution in [3.8, 4) is 0 Å². The van der Waals surface area contributed by atoms with Gasteiger partial charge < -0.3 is 5.73 Å². The number of fused-ring (bicyclic) bond motifs is 1. The quantitative estimate of drug-likeness (QED) is 0.928. The van der Waals surface area contributed by atoms with E-state index in [1.54, 1.807) is 17.0 Å². The third kappa shape index (κ3) is 2.15. The van der Waals surface area contributed by atoms with Crippen LogP contribution in [-0.2, 0) is 6.54 Å². The number of benzene rings is 1. The predicted molar refractivity (Wildman–Crippen MR) is 67.4 cm³/mol. The summed E-state index contributed by atoms with van der Waals surface area (Å²) in [6, 6.07) is 5.50. The molecule has 1 heterocycles. The van der Waals surface area contributed by atoms with E-state index in [2.05, 4.69) is 20.9 Å². The van der Waals surface area contributed by atoms with Gasteiger partial charge in [-0.3, -0.25) is 9.36 Å². The molecule has 0 amide bonds. The number of rotatable bonds is 3. The van der Waals surface area contributed by atoms with E-state index in [0.29, 0.717) is 18.5 Å². The second-order valence-electron chi connectivity index (χ2n) is 3.55. The summed E-state index contributed by atoms with van der Waals surface area (Å²) in [5, 5.41) is 0.633. The van der Waals surface area contributed by atoms with Gasteiger partial charge in [0.15, 0.2) is 0 Å². The lowest BCUT2D eigenvalue weighted by Crippen LogP contribution is -2.21. The van der Waals surface area contributed by atoms with Crippen molar-refractivity contribution in [1.82, 2.24) is 9.55 Å². The number of hydrogen-bond acceptors (Lipinski definition) is 3. The van der Waals surface area contributed by atoms with Gasteiger partial charge in [-0.05, 0) is 31.2 Å². The summed E-state index contributed by atoms with van der Waals surface area (Å²) in [4.78, 5) is 16.3. The molecular formula is C11H12BrN3O. The fraction of sp³-hybridized carbons (Fsp3) is 0.273. The number of halogens is 1. The Morgan fingerprint density at radius 1 is 1.44 bits per heavy atom. The van der Waals surface area contributed by atoms with Gasteiger partial charge in [0.2, 0.25) is 0 Å². The van der Waals surface area contributed by atoms with Gasteiger partial charge in [0.25, 0.3) is 5.56 Å². The average molecular weight is 282 g/mol. The molecule has 4 nitrogen and oxygen atoms in total. The summed E-state index contributed by atoms with van der Waals surface area (Å²) in [6.45, 7) is 1.19. The third-order valence-corrected chi connectivity index (χ3v) is 2.88. The Kier molecular flexibility index (Phi) is 3.36. The highest BCUT2D eigenvalue weighted by atomic mass is 79.9. The minimum absolute atomic E-state index is 0.0141. The standard InChI is InChI=1S/C11H12BrN3O/c12-8-2-3-10-9(6-8)11(16)15(7-14-10)5-1-4-13/h2-3,6-7H,1,4-5,13H2. The Balaban J connectivity index is 2.55. The van der Waals surface area contributed by atoms with Crippen LogP contribution < -0.4 is 11.3 Å². The molecule has 0 aliphatic carbocycles. The molecule has 5 heteroatoms. The topological polar surface area (TPSA) is 60.9 Å². The van der Waals surface area contributed by atoms with Crippen LogP contribution in [-0.4, -0.2) is 16.1 Å². The summed E-state index contributed by atoms with van der Waals surface area (Å²) < 4.78 is 2.48. The Hall–Kier alpha value is -1.20. The molecule has 0 aliphatic rings. The molecule has 0 unspecified atom stereocenters. The molecule has 0 bridgehead atoms. The Labute approximate surface area is 101 Å². The molecule has 0 atom stereocenters. The Morgan fingerprint density at radius 3 is 3.00 bits per heavy atom. The van der Waals surface area contributed by atoms with Crippen LogP contribution in [0.15, 0.2) is 33.8 Å². The lowest BCUT2D eigenvalue weighted by molar-refractivity contribution is 0.624. The smallest absolute Gasteiger partial charge is 0.261 e. The van der Waals surface area contributed by atoms with E-state index >= 15 is 0 Å². The third-order valence-electron chi connectivity index (χ3n) is 2.39. The molecule has 0 aliphatic heterocycles. The average Bonchev–Trinajstić information content (AvgIpc) is 2.29. The summed E-state index contributed by atoms with van der Waals surface area (Å²) in [5.41, 5.74) is 6.13. The normalized spacial score (nSPS) is 10.9. The maximum Gasteiger partial charge on any atom is 0.261 e. The van der Waals surface area contributed by atoms with Gasteiger partial charge in [0, 0.05) is 11.0 Å². The monoisotopic (exact) mass is 281 g/mol. The molecule has 0 spiro atoms. The molecule has 2 aromatic rings. The maximum absolute atomic E-state index is 12.0. The summed E-state index contributed by atoms with van der Waals surface area (Å²) in [6.07, 6.45) is 2.36. The number of nitrogens with zero attached hydrogens (tertiary/aromatic N) is 2. The maximum atomic E-state index is 12.0. The summed E-state index contributed by atoms with van der Waals surface area (Å²) in [7, 11) is 0. The van der Waals surface area contributed by atoms with Gasteiger partial charge >= 0.3 is 0 Å². The van der Waals surface area contributed by atoms with Crippen LogP contribution in [0.3, 0.4) is 0 Å². The van der Waals surface area contributed by atoms with Crippen LogP contribution in [0.4, 0.5) is 0 Å². The lowest BCUT2D eigenvalue weighted by Gasteiger charge is -2.05. The Morgan fingerprint density at radius 2 is 2.25 bits per heavy atom.